The Bertz CT molecular complexity index is 1020. The molecular weight excluding hydrogens is 390 g/mol. The minimum absolute atomic E-state index is 0.0945. The number of aromatic nitrogens is 2. The minimum atomic E-state index is -0.720. The van der Waals surface area contributed by atoms with Crippen LogP contribution in [0.1, 0.15) is 0 Å². The summed E-state index contributed by atoms with van der Waals surface area (Å²) in [7, 11) is 1.65. The van der Waals surface area contributed by atoms with Gasteiger partial charge in [-0.1, -0.05) is 0 Å². The molecule has 2 heterocycles. The van der Waals surface area contributed by atoms with E-state index in [1.807, 2.05) is 24.3 Å². The zero-order valence-electron chi connectivity index (χ0n) is 16.5. The van der Waals surface area contributed by atoms with Crippen LogP contribution in [0.5, 0.6) is 5.75 Å². The molecule has 0 unspecified atom stereocenters. The molecule has 1 saturated heterocycles. The highest BCUT2D eigenvalue weighted by molar-refractivity contribution is 5.78. The molecule has 0 spiro atoms. The average molecular weight is 412 g/mol. The molecule has 7 nitrogen and oxygen atoms in total. The predicted octanol–water partition coefficient (Wildman–Crippen LogP) is 3.42. The van der Waals surface area contributed by atoms with Gasteiger partial charge < -0.3 is 25.6 Å². The Labute approximate surface area is 173 Å². The zero-order valence-corrected chi connectivity index (χ0v) is 16.5. The fourth-order valence-electron chi connectivity index (χ4n) is 3.43. The highest BCUT2D eigenvalue weighted by Gasteiger charge is 2.22. The number of nitrogen functional groups attached to an aromatic ring is 1. The fraction of sp³-hybridized carbons (Fsp3) is 0.238. The Morgan fingerprint density at radius 3 is 2.33 bits per heavy atom. The lowest BCUT2D eigenvalue weighted by Crippen LogP contribution is -2.47. The summed E-state index contributed by atoms with van der Waals surface area (Å²) < 4.78 is 32.3. The van der Waals surface area contributed by atoms with E-state index in [0.29, 0.717) is 11.5 Å². The molecule has 0 aliphatic carbocycles. The molecule has 0 radical (unpaired) electrons. The molecule has 1 aliphatic rings. The molecule has 0 saturated carbocycles. The molecule has 3 aromatic rings. The third-order valence-electron chi connectivity index (χ3n) is 5.06. The van der Waals surface area contributed by atoms with Crippen LogP contribution in [0.15, 0.2) is 48.8 Å². The molecule has 9 heteroatoms. The maximum Gasteiger partial charge on any atom is 0.159 e. The van der Waals surface area contributed by atoms with E-state index in [9.17, 15) is 8.78 Å². The van der Waals surface area contributed by atoms with Gasteiger partial charge in [-0.05, 0) is 36.4 Å². The Kier molecular flexibility index (Phi) is 5.51. The Morgan fingerprint density at radius 1 is 0.967 bits per heavy atom. The number of ether oxygens (including phenoxy) is 1. The number of halogens is 2. The van der Waals surface area contributed by atoms with E-state index in [1.54, 1.807) is 7.11 Å². The van der Waals surface area contributed by atoms with Gasteiger partial charge in [-0.3, -0.25) is 0 Å². The lowest BCUT2D eigenvalue weighted by atomic mass is 10.2. The van der Waals surface area contributed by atoms with E-state index in [-0.39, 0.29) is 11.5 Å². The van der Waals surface area contributed by atoms with Crippen LogP contribution in [0.3, 0.4) is 0 Å². The molecule has 2 aromatic carbocycles. The van der Waals surface area contributed by atoms with Gasteiger partial charge in [0.25, 0.3) is 0 Å². The lowest BCUT2D eigenvalue weighted by molar-refractivity contribution is 0.415. The molecule has 0 bridgehead atoms. The van der Waals surface area contributed by atoms with Gasteiger partial charge in [-0.15, -0.1) is 0 Å². The molecule has 1 aliphatic heterocycles. The summed E-state index contributed by atoms with van der Waals surface area (Å²) >= 11 is 0. The van der Waals surface area contributed by atoms with Crippen molar-refractivity contribution in [3.63, 3.8) is 0 Å². The van der Waals surface area contributed by atoms with Crippen LogP contribution < -0.4 is 25.6 Å². The quantitative estimate of drug-likeness (QED) is 0.665. The summed E-state index contributed by atoms with van der Waals surface area (Å²) in [6.07, 6.45) is 1.38. The van der Waals surface area contributed by atoms with Gasteiger partial charge in [0.05, 0.1) is 12.8 Å². The number of rotatable bonds is 5. The first-order valence-corrected chi connectivity index (χ1v) is 9.51. The number of nitrogens with one attached hydrogen (secondary N) is 1. The maximum absolute atomic E-state index is 14.0. The largest absolute Gasteiger partial charge is 0.497 e. The summed E-state index contributed by atoms with van der Waals surface area (Å²) in [5.41, 5.74) is 7.80. The summed E-state index contributed by atoms with van der Waals surface area (Å²) in [5.74, 6) is 0.322. The summed E-state index contributed by atoms with van der Waals surface area (Å²) in [5, 5.41) is 2.83. The van der Waals surface area contributed by atoms with E-state index >= 15 is 0 Å². The molecule has 1 aromatic heterocycles. The van der Waals surface area contributed by atoms with Gasteiger partial charge in [-0.25, -0.2) is 18.7 Å². The van der Waals surface area contributed by atoms with Crippen LogP contribution in [0.25, 0.3) is 0 Å². The second-order valence-corrected chi connectivity index (χ2v) is 6.88. The van der Waals surface area contributed by atoms with Crippen molar-refractivity contribution in [1.82, 2.24) is 9.97 Å². The maximum atomic E-state index is 14.0. The van der Waals surface area contributed by atoms with Crippen LogP contribution in [0, 0.1) is 11.6 Å². The number of methoxy groups -OCH3 is 1. The van der Waals surface area contributed by atoms with Gasteiger partial charge in [0.1, 0.15) is 29.4 Å². The van der Waals surface area contributed by atoms with Crippen molar-refractivity contribution < 1.29 is 13.5 Å². The van der Waals surface area contributed by atoms with Crippen LogP contribution >= 0.6 is 0 Å². The van der Waals surface area contributed by atoms with Crippen molar-refractivity contribution in [3.8, 4) is 5.75 Å². The number of anilines is 5. The summed E-state index contributed by atoms with van der Waals surface area (Å²) in [6, 6.07) is 11.2. The summed E-state index contributed by atoms with van der Waals surface area (Å²) in [4.78, 5) is 12.8. The smallest absolute Gasteiger partial charge is 0.159 e. The van der Waals surface area contributed by atoms with Crippen molar-refractivity contribution in [2.24, 2.45) is 0 Å². The molecular formula is C21H22F2N6O. The Morgan fingerprint density at radius 2 is 1.67 bits per heavy atom. The highest BCUT2D eigenvalue weighted by atomic mass is 19.1. The van der Waals surface area contributed by atoms with Gasteiger partial charge in [0, 0.05) is 37.9 Å². The van der Waals surface area contributed by atoms with Crippen molar-refractivity contribution in [3.05, 3.63) is 60.4 Å². The number of nitrogens with two attached hydrogens (primary N) is 1. The molecule has 4 rings (SSSR count). The monoisotopic (exact) mass is 412 g/mol. The first-order chi connectivity index (χ1) is 14.5. The topological polar surface area (TPSA) is 79.5 Å². The van der Waals surface area contributed by atoms with E-state index in [0.717, 1.165) is 43.7 Å². The number of piperazine rings is 1. The molecule has 0 amide bonds. The fourth-order valence-corrected chi connectivity index (χ4v) is 3.43. The zero-order chi connectivity index (χ0) is 21.1. The highest BCUT2D eigenvalue weighted by Crippen LogP contribution is 2.30. The summed E-state index contributed by atoms with van der Waals surface area (Å²) in [6.45, 7) is 3.03. The van der Waals surface area contributed by atoms with Gasteiger partial charge in [0.2, 0.25) is 0 Å². The molecule has 156 valence electrons. The number of hydrogen-bond acceptors (Lipinski definition) is 7. The first-order valence-electron chi connectivity index (χ1n) is 9.51. The number of benzene rings is 2. The second-order valence-electron chi connectivity index (χ2n) is 6.88. The van der Waals surface area contributed by atoms with Crippen molar-refractivity contribution in [1.29, 1.82) is 0 Å². The van der Waals surface area contributed by atoms with Gasteiger partial charge in [-0.2, -0.15) is 0 Å². The number of hydrogen-bond donors (Lipinski definition) is 2. The van der Waals surface area contributed by atoms with Gasteiger partial charge in [0.15, 0.2) is 11.6 Å². The van der Waals surface area contributed by atoms with Gasteiger partial charge >= 0.3 is 0 Å². The number of nitrogens with zero attached hydrogens (tertiary/aromatic N) is 4. The van der Waals surface area contributed by atoms with Crippen LogP contribution in [0.2, 0.25) is 0 Å². The van der Waals surface area contributed by atoms with Crippen LogP contribution in [-0.2, 0) is 0 Å². The van der Waals surface area contributed by atoms with Crippen LogP contribution in [0.4, 0.5) is 37.5 Å². The third kappa shape index (κ3) is 4.05. The Balaban J connectivity index is 1.46. The van der Waals surface area contributed by atoms with E-state index in [2.05, 4.69) is 25.1 Å². The van der Waals surface area contributed by atoms with Crippen LogP contribution in [-0.4, -0.2) is 43.3 Å². The molecule has 30 heavy (non-hydrogen) atoms. The van der Waals surface area contributed by atoms with E-state index < -0.39 is 11.6 Å². The average Bonchev–Trinajstić information content (AvgIpc) is 2.77. The molecule has 3 N–H and O–H groups in total. The normalized spacial score (nSPS) is 14.0. The predicted molar refractivity (Wildman–Crippen MR) is 114 cm³/mol. The molecule has 1 fully saturated rings. The lowest BCUT2D eigenvalue weighted by Gasteiger charge is -2.37. The Hall–Kier alpha value is -3.62. The second kappa shape index (κ2) is 8.40. The minimum Gasteiger partial charge on any atom is -0.497 e. The first kappa shape index (κ1) is 19.7. The van der Waals surface area contributed by atoms with Crippen molar-refractivity contribution >= 4 is 28.7 Å². The van der Waals surface area contributed by atoms with E-state index in [4.69, 9.17) is 10.5 Å². The molecule has 0 atom stereocenters. The standard InChI is InChI=1S/C21H22F2N6O/c1-30-16-5-3-15(4-6-16)28-8-10-29(11-9-28)21-19(24)20(25-13-26-21)27-18-7-2-14(22)12-17(18)23/h2-7,12-13H,8-11,24H2,1H3,(H,25,26,27). The third-order valence-corrected chi connectivity index (χ3v) is 5.06. The SMILES string of the molecule is COc1ccc(N2CCN(c3ncnc(Nc4ccc(F)cc4F)c3N)CC2)cc1. The van der Waals surface area contributed by atoms with Crippen molar-refractivity contribution in [2.75, 3.05) is 54.1 Å². The van der Waals surface area contributed by atoms with E-state index in [1.165, 1.54) is 18.5 Å². The van der Waals surface area contributed by atoms with Crippen molar-refractivity contribution in [2.45, 2.75) is 0 Å².